The molecular formula is C18H22O2. The van der Waals surface area contributed by atoms with Crippen molar-refractivity contribution in [1.82, 2.24) is 0 Å². The van der Waals surface area contributed by atoms with Gasteiger partial charge in [-0.1, -0.05) is 49.7 Å². The molecule has 2 rings (SSSR count). The van der Waals surface area contributed by atoms with Crippen LogP contribution < -0.4 is 4.74 Å². The van der Waals surface area contributed by atoms with Gasteiger partial charge in [0.1, 0.15) is 11.4 Å². The zero-order valence-electron chi connectivity index (χ0n) is 12.4. The van der Waals surface area contributed by atoms with E-state index in [0.717, 1.165) is 29.7 Å². The fourth-order valence-corrected chi connectivity index (χ4v) is 2.38. The summed E-state index contributed by atoms with van der Waals surface area (Å²) < 4.78 is 5.23. The normalized spacial score (nSPS) is 13.8. The van der Waals surface area contributed by atoms with Gasteiger partial charge in [0.2, 0.25) is 0 Å². The van der Waals surface area contributed by atoms with Crippen molar-refractivity contribution in [3.63, 3.8) is 0 Å². The van der Waals surface area contributed by atoms with Crippen molar-refractivity contribution in [2.24, 2.45) is 0 Å². The Labute approximate surface area is 121 Å². The Hall–Kier alpha value is -1.80. The lowest BCUT2D eigenvalue weighted by Crippen LogP contribution is -2.22. The molecule has 1 atom stereocenters. The number of rotatable bonds is 5. The third-order valence-electron chi connectivity index (χ3n) is 3.69. The number of hydrogen-bond acceptors (Lipinski definition) is 2. The lowest BCUT2D eigenvalue weighted by atomic mass is 9.87. The molecule has 1 N–H and O–H groups in total. The fourth-order valence-electron chi connectivity index (χ4n) is 2.38. The first-order chi connectivity index (χ1) is 9.57. The van der Waals surface area contributed by atoms with Gasteiger partial charge in [-0.15, -0.1) is 0 Å². The SMILES string of the molecule is CCCc1ccc(C(C)(O)c2cccc(OC)c2)cc1. The van der Waals surface area contributed by atoms with Crippen LogP contribution in [0.3, 0.4) is 0 Å². The number of aliphatic hydroxyl groups is 1. The molecule has 0 aliphatic rings. The fraction of sp³-hybridized carbons (Fsp3) is 0.333. The summed E-state index contributed by atoms with van der Waals surface area (Å²) in [6.45, 7) is 3.98. The number of hydrogen-bond donors (Lipinski definition) is 1. The van der Waals surface area contributed by atoms with Gasteiger partial charge in [0.25, 0.3) is 0 Å². The molecule has 0 aliphatic heterocycles. The summed E-state index contributed by atoms with van der Waals surface area (Å²) in [7, 11) is 1.63. The molecule has 2 heteroatoms. The summed E-state index contributed by atoms with van der Waals surface area (Å²) >= 11 is 0. The predicted molar refractivity (Wildman–Crippen MR) is 82.1 cm³/mol. The first-order valence-corrected chi connectivity index (χ1v) is 7.04. The van der Waals surface area contributed by atoms with Crippen molar-refractivity contribution in [2.45, 2.75) is 32.3 Å². The minimum absolute atomic E-state index is 0.755. The molecule has 20 heavy (non-hydrogen) atoms. The van der Waals surface area contributed by atoms with E-state index in [4.69, 9.17) is 4.74 Å². The van der Waals surface area contributed by atoms with Gasteiger partial charge in [0.05, 0.1) is 7.11 Å². The molecular weight excluding hydrogens is 248 g/mol. The third kappa shape index (κ3) is 3.02. The van der Waals surface area contributed by atoms with E-state index in [1.54, 1.807) is 7.11 Å². The Morgan fingerprint density at radius 3 is 2.35 bits per heavy atom. The zero-order valence-corrected chi connectivity index (χ0v) is 12.4. The molecule has 0 saturated carbocycles. The van der Waals surface area contributed by atoms with Crippen LogP contribution in [0.1, 0.15) is 37.0 Å². The van der Waals surface area contributed by atoms with Gasteiger partial charge in [-0.05, 0) is 42.2 Å². The summed E-state index contributed by atoms with van der Waals surface area (Å²) in [5.74, 6) is 0.755. The summed E-state index contributed by atoms with van der Waals surface area (Å²) in [6.07, 6.45) is 2.20. The van der Waals surface area contributed by atoms with E-state index in [1.807, 2.05) is 43.3 Å². The van der Waals surface area contributed by atoms with E-state index in [9.17, 15) is 5.11 Å². The highest BCUT2D eigenvalue weighted by Gasteiger charge is 2.25. The quantitative estimate of drug-likeness (QED) is 0.892. The maximum atomic E-state index is 10.8. The van der Waals surface area contributed by atoms with E-state index < -0.39 is 5.60 Å². The number of aryl methyl sites for hydroxylation is 1. The Kier molecular flexibility index (Phi) is 4.46. The van der Waals surface area contributed by atoms with Crippen LogP contribution in [-0.4, -0.2) is 12.2 Å². The topological polar surface area (TPSA) is 29.5 Å². The van der Waals surface area contributed by atoms with Gasteiger partial charge in [0, 0.05) is 0 Å². The molecule has 0 aliphatic carbocycles. The molecule has 1 unspecified atom stereocenters. The van der Waals surface area contributed by atoms with Gasteiger partial charge < -0.3 is 9.84 Å². The second-order valence-electron chi connectivity index (χ2n) is 5.25. The molecule has 106 valence electrons. The van der Waals surface area contributed by atoms with Gasteiger partial charge in [-0.2, -0.15) is 0 Å². The van der Waals surface area contributed by atoms with Gasteiger partial charge in [-0.3, -0.25) is 0 Å². The van der Waals surface area contributed by atoms with Crippen molar-refractivity contribution in [3.8, 4) is 5.75 Å². The highest BCUT2D eigenvalue weighted by atomic mass is 16.5. The molecule has 2 aromatic carbocycles. The maximum Gasteiger partial charge on any atom is 0.119 e. The zero-order chi connectivity index (χ0) is 14.6. The largest absolute Gasteiger partial charge is 0.497 e. The van der Waals surface area contributed by atoms with Crippen LogP contribution >= 0.6 is 0 Å². The molecule has 0 radical (unpaired) electrons. The van der Waals surface area contributed by atoms with Crippen molar-refractivity contribution >= 4 is 0 Å². The van der Waals surface area contributed by atoms with Crippen LogP contribution in [0.25, 0.3) is 0 Å². The van der Waals surface area contributed by atoms with Crippen LogP contribution in [0, 0.1) is 0 Å². The second-order valence-corrected chi connectivity index (χ2v) is 5.25. The molecule has 2 aromatic rings. The monoisotopic (exact) mass is 270 g/mol. The van der Waals surface area contributed by atoms with Crippen molar-refractivity contribution in [2.75, 3.05) is 7.11 Å². The molecule has 0 saturated heterocycles. The lowest BCUT2D eigenvalue weighted by Gasteiger charge is -2.25. The average Bonchev–Trinajstić information content (AvgIpc) is 2.48. The standard InChI is InChI=1S/C18H22O2/c1-4-6-14-9-11-15(12-10-14)18(2,19)16-7-5-8-17(13-16)20-3/h5,7-13,19H,4,6H2,1-3H3. The van der Waals surface area contributed by atoms with Crippen LogP contribution in [0.4, 0.5) is 0 Å². The minimum atomic E-state index is -1.01. The van der Waals surface area contributed by atoms with Gasteiger partial charge in [0.15, 0.2) is 0 Å². The smallest absolute Gasteiger partial charge is 0.119 e. The molecule has 0 amide bonds. The highest BCUT2D eigenvalue weighted by molar-refractivity contribution is 5.40. The van der Waals surface area contributed by atoms with Crippen molar-refractivity contribution in [1.29, 1.82) is 0 Å². The van der Waals surface area contributed by atoms with Crippen LogP contribution in [0.15, 0.2) is 48.5 Å². The number of benzene rings is 2. The Bertz CT molecular complexity index is 556. The lowest BCUT2D eigenvalue weighted by molar-refractivity contribution is 0.102. The summed E-state index contributed by atoms with van der Waals surface area (Å²) in [6, 6.07) is 15.8. The average molecular weight is 270 g/mol. The Morgan fingerprint density at radius 2 is 1.75 bits per heavy atom. The molecule has 0 heterocycles. The van der Waals surface area contributed by atoms with Gasteiger partial charge in [-0.25, -0.2) is 0 Å². The van der Waals surface area contributed by atoms with E-state index in [-0.39, 0.29) is 0 Å². The van der Waals surface area contributed by atoms with Crippen LogP contribution in [0.2, 0.25) is 0 Å². The Balaban J connectivity index is 2.32. The predicted octanol–water partition coefficient (Wildman–Crippen LogP) is 3.90. The molecule has 0 aromatic heterocycles. The molecule has 0 fully saturated rings. The summed E-state index contributed by atoms with van der Waals surface area (Å²) in [4.78, 5) is 0. The van der Waals surface area contributed by atoms with Gasteiger partial charge >= 0.3 is 0 Å². The molecule has 2 nitrogen and oxygen atoms in total. The first-order valence-electron chi connectivity index (χ1n) is 7.04. The van der Waals surface area contributed by atoms with E-state index in [2.05, 4.69) is 19.1 Å². The van der Waals surface area contributed by atoms with Crippen LogP contribution in [0.5, 0.6) is 5.75 Å². The maximum absolute atomic E-state index is 10.8. The van der Waals surface area contributed by atoms with E-state index in [1.165, 1.54) is 5.56 Å². The third-order valence-corrected chi connectivity index (χ3v) is 3.69. The molecule has 0 spiro atoms. The second kappa shape index (κ2) is 6.10. The summed E-state index contributed by atoms with van der Waals surface area (Å²) in [5.41, 5.74) is 2.02. The number of ether oxygens (including phenoxy) is 1. The highest BCUT2D eigenvalue weighted by Crippen LogP contribution is 2.31. The molecule has 0 bridgehead atoms. The van der Waals surface area contributed by atoms with Crippen molar-refractivity contribution < 1.29 is 9.84 Å². The van der Waals surface area contributed by atoms with E-state index >= 15 is 0 Å². The Morgan fingerprint density at radius 1 is 1.05 bits per heavy atom. The summed E-state index contributed by atoms with van der Waals surface area (Å²) in [5, 5.41) is 10.8. The van der Waals surface area contributed by atoms with Crippen molar-refractivity contribution in [3.05, 3.63) is 65.2 Å². The number of methoxy groups -OCH3 is 1. The van der Waals surface area contributed by atoms with Crippen LogP contribution in [-0.2, 0) is 12.0 Å². The first kappa shape index (κ1) is 14.6. The van der Waals surface area contributed by atoms with E-state index in [0.29, 0.717) is 0 Å². The minimum Gasteiger partial charge on any atom is -0.497 e.